The molecule has 1 N–H and O–H groups in total. The van der Waals surface area contributed by atoms with Gasteiger partial charge in [0.05, 0.1) is 6.61 Å². The average Bonchev–Trinajstić information content (AvgIpc) is 2.63. The zero-order valence-corrected chi connectivity index (χ0v) is 14.0. The summed E-state index contributed by atoms with van der Waals surface area (Å²) in [6.45, 7) is 1.56. The van der Waals surface area contributed by atoms with E-state index in [4.69, 9.17) is 9.47 Å². The molecule has 8 heteroatoms. The Hall–Kier alpha value is -3.26. The Labute approximate surface area is 149 Å². The molecule has 0 radical (unpaired) electrons. The normalized spacial score (nSPS) is 19.0. The van der Waals surface area contributed by atoms with Crippen molar-refractivity contribution in [1.29, 1.82) is 0 Å². The Bertz CT molecular complexity index is 891. The number of ether oxygens (including phenoxy) is 2. The second kappa shape index (κ2) is 7.75. The number of nitrogens with one attached hydrogen (secondary N) is 1. The standard InChI is InChI=1S/C18H17N3O5/c1-12(22)26-14-8-5-11-25-17(14)21-10-9-15(20-18(21)24)19-16(23)13-6-3-2-4-7-13/h2-10,14,17H,11H2,1H3,(H,19,20,23,24)/t14-,17-/m0/s1. The fourth-order valence-corrected chi connectivity index (χ4v) is 2.52. The second-order valence-electron chi connectivity index (χ2n) is 5.55. The maximum absolute atomic E-state index is 12.3. The van der Waals surface area contributed by atoms with E-state index >= 15 is 0 Å². The van der Waals surface area contributed by atoms with E-state index in [2.05, 4.69) is 10.3 Å². The highest BCUT2D eigenvalue weighted by atomic mass is 16.6. The molecule has 3 rings (SSSR count). The third-order valence-electron chi connectivity index (χ3n) is 3.65. The van der Waals surface area contributed by atoms with Crippen molar-refractivity contribution in [2.75, 3.05) is 11.9 Å². The summed E-state index contributed by atoms with van der Waals surface area (Å²) in [5.41, 5.74) is -0.178. The maximum atomic E-state index is 12.3. The van der Waals surface area contributed by atoms with Crippen LogP contribution in [0.15, 0.2) is 59.5 Å². The first-order valence-electron chi connectivity index (χ1n) is 7.95. The molecule has 0 bridgehead atoms. The molecule has 1 amide bonds. The van der Waals surface area contributed by atoms with Crippen LogP contribution in [-0.2, 0) is 14.3 Å². The van der Waals surface area contributed by atoms with Crippen molar-refractivity contribution in [1.82, 2.24) is 9.55 Å². The lowest BCUT2D eigenvalue weighted by Crippen LogP contribution is -2.38. The summed E-state index contributed by atoms with van der Waals surface area (Å²) in [5, 5.41) is 2.57. The summed E-state index contributed by atoms with van der Waals surface area (Å²) < 4.78 is 11.9. The van der Waals surface area contributed by atoms with E-state index in [-0.39, 0.29) is 18.3 Å². The fourth-order valence-electron chi connectivity index (χ4n) is 2.52. The Kier molecular flexibility index (Phi) is 5.23. The minimum atomic E-state index is -0.817. The molecule has 8 nitrogen and oxygen atoms in total. The molecule has 1 aliphatic rings. The van der Waals surface area contributed by atoms with Crippen LogP contribution in [0.1, 0.15) is 23.5 Å². The molecule has 2 heterocycles. The molecule has 1 aromatic carbocycles. The number of anilines is 1. The van der Waals surface area contributed by atoms with Gasteiger partial charge in [-0.3, -0.25) is 14.2 Å². The van der Waals surface area contributed by atoms with Crippen molar-refractivity contribution in [3.8, 4) is 0 Å². The van der Waals surface area contributed by atoms with E-state index in [1.54, 1.807) is 42.5 Å². The first-order valence-corrected chi connectivity index (χ1v) is 7.95. The highest BCUT2D eigenvalue weighted by Crippen LogP contribution is 2.20. The van der Waals surface area contributed by atoms with Gasteiger partial charge in [0, 0.05) is 18.7 Å². The first kappa shape index (κ1) is 17.6. The van der Waals surface area contributed by atoms with Gasteiger partial charge >= 0.3 is 11.7 Å². The van der Waals surface area contributed by atoms with Crippen molar-refractivity contribution >= 4 is 17.7 Å². The topological polar surface area (TPSA) is 99.5 Å². The maximum Gasteiger partial charge on any atom is 0.351 e. The monoisotopic (exact) mass is 355 g/mol. The minimum Gasteiger partial charge on any atom is -0.453 e. The molecule has 2 aromatic rings. The van der Waals surface area contributed by atoms with Gasteiger partial charge in [0.15, 0.2) is 12.3 Å². The SMILES string of the molecule is CC(=O)O[C@H]1C=CCO[C@@H]1n1ccc(NC(=O)c2ccccc2)nc1=O. The fraction of sp³-hybridized carbons (Fsp3) is 0.222. The van der Waals surface area contributed by atoms with Crippen LogP contribution in [0.5, 0.6) is 0 Å². The summed E-state index contributed by atoms with van der Waals surface area (Å²) in [5.74, 6) is -0.733. The Morgan fingerprint density at radius 1 is 1.27 bits per heavy atom. The van der Waals surface area contributed by atoms with Crippen LogP contribution >= 0.6 is 0 Å². The molecule has 134 valence electrons. The van der Waals surface area contributed by atoms with E-state index in [9.17, 15) is 14.4 Å². The Balaban J connectivity index is 1.79. The summed E-state index contributed by atoms with van der Waals surface area (Å²) >= 11 is 0. The number of hydrogen-bond donors (Lipinski definition) is 1. The van der Waals surface area contributed by atoms with Gasteiger partial charge in [-0.15, -0.1) is 0 Å². The average molecular weight is 355 g/mol. The summed E-state index contributed by atoms with van der Waals surface area (Å²) in [6, 6.07) is 10.1. The first-order chi connectivity index (χ1) is 12.5. The van der Waals surface area contributed by atoms with Crippen LogP contribution in [-0.4, -0.2) is 34.1 Å². The highest BCUT2D eigenvalue weighted by Gasteiger charge is 2.28. The van der Waals surface area contributed by atoms with Gasteiger partial charge in [0.25, 0.3) is 5.91 Å². The van der Waals surface area contributed by atoms with Crippen molar-refractivity contribution in [2.45, 2.75) is 19.3 Å². The van der Waals surface area contributed by atoms with Crippen molar-refractivity contribution in [2.24, 2.45) is 0 Å². The number of aromatic nitrogens is 2. The van der Waals surface area contributed by atoms with Crippen molar-refractivity contribution in [3.05, 3.63) is 70.8 Å². The van der Waals surface area contributed by atoms with Crippen LogP contribution in [0.25, 0.3) is 0 Å². The van der Waals surface area contributed by atoms with E-state index in [1.807, 2.05) is 0 Å². The minimum absolute atomic E-state index is 0.121. The molecule has 0 fully saturated rings. The number of carbonyl (C=O) groups excluding carboxylic acids is 2. The molecular formula is C18H17N3O5. The Morgan fingerprint density at radius 3 is 2.73 bits per heavy atom. The molecule has 1 aromatic heterocycles. The lowest BCUT2D eigenvalue weighted by atomic mass is 10.2. The molecule has 0 spiro atoms. The summed E-state index contributed by atoms with van der Waals surface area (Å²) in [6.07, 6.45) is 3.26. The molecular weight excluding hydrogens is 338 g/mol. The van der Waals surface area contributed by atoms with Gasteiger partial charge in [-0.2, -0.15) is 4.98 Å². The molecule has 26 heavy (non-hydrogen) atoms. The van der Waals surface area contributed by atoms with Crippen LogP contribution in [0.4, 0.5) is 5.82 Å². The van der Waals surface area contributed by atoms with Crippen LogP contribution in [0.2, 0.25) is 0 Å². The van der Waals surface area contributed by atoms with Crippen molar-refractivity contribution in [3.63, 3.8) is 0 Å². The summed E-state index contributed by atoms with van der Waals surface area (Å²) in [7, 11) is 0. The predicted molar refractivity (Wildman–Crippen MR) is 92.6 cm³/mol. The number of carbonyl (C=O) groups is 2. The highest BCUT2D eigenvalue weighted by molar-refractivity contribution is 6.03. The number of hydrogen-bond acceptors (Lipinski definition) is 6. The van der Waals surface area contributed by atoms with E-state index in [1.165, 1.54) is 23.8 Å². The molecule has 2 atom stereocenters. The number of esters is 1. The lowest BCUT2D eigenvalue weighted by molar-refractivity contribution is -0.157. The Morgan fingerprint density at radius 2 is 2.04 bits per heavy atom. The molecule has 0 saturated heterocycles. The van der Waals surface area contributed by atoms with E-state index in [0.29, 0.717) is 5.56 Å². The third kappa shape index (κ3) is 4.04. The molecule has 0 aliphatic carbocycles. The number of benzene rings is 1. The van der Waals surface area contributed by atoms with E-state index in [0.717, 1.165) is 0 Å². The number of nitrogens with zero attached hydrogens (tertiary/aromatic N) is 2. The molecule has 1 aliphatic heterocycles. The quantitative estimate of drug-likeness (QED) is 0.659. The van der Waals surface area contributed by atoms with Crippen LogP contribution in [0.3, 0.4) is 0 Å². The molecule has 0 saturated carbocycles. The second-order valence-corrected chi connectivity index (χ2v) is 5.55. The zero-order valence-electron chi connectivity index (χ0n) is 14.0. The van der Waals surface area contributed by atoms with Crippen molar-refractivity contribution < 1.29 is 19.1 Å². The number of amides is 1. The van der Waals surface area contributed by atoms with Gasteiger partial charge in [-0.1, -0.05) is 24.3 Å². The van der Waals surface area contributed by atoms with Gasteiger partial charge in [0.2, 0.25) is 0 Å². The number of rotatable bonds is 4. The van der Waals surface area contributed by atoms with Gasteiger partial charge in [-0.05, 0) is 24.3 Å². The third-order valence-corrected chi connectivity index (χ3v) is 3.65. The van der Waals surface area contributed by atoms with Crippen LogP contribution < -0.4 is 11.0 Å². The van der Waals surface area contributed by atoms with Gasteiger partial charge in [0.1, 0.15) is 5.82 Å². The molecule has 0 unspecified atom stereocenters. The lowest BCUT2D eigenvalue weighted by Gasteiger charge is -2.28. The van der Waals surface area contributed by atoms with Gasteiger partial charge in [-0.25, -0.2) is 4.79 Å². The zero-order chi connectivity index (χ0) is 18.5. The van der Waals surface area contributed by atoms with Crippen LogP contribution in [0, 0.1) is 0 Å². The predicted octanol–water partition coefficient (Wildman–Crippen LogP) is 1.51. The van der Waals surface area contributed by atoms with E-state index < -0.39 is 24.0 Å². The van der Waals surface area contributed by atoms with Gasteiger partial charge < -0.3 is 14.8 Å². The smallest absolute Gasteiger partial charge is 0.351 e. The largest absolute Gasteiger partial charge is 0.453 e. The summed E-state index contributed by atoms with van der Waals surface area (Å²) in [4.78, 5) is 39.6.